The summed E-state index contributed by atoms with van der Waals surface area (Å²) in [6.45, 7) is 2.64. The normalized spacial score (nSPS) is 20.3. The van der Waals surface area contributed by atoms with Crippen LogP contribution in [0.1, 0.15) is 50.5 Å². The SMILES string of the molecule is O=C(CC1(O)CCCC1)NCc1ccc(N2CCCC2)nc1. The van der Waals surface area contributed by atoms with Crippen LogP contribution in [0.5, 0.6) is 0 Å². The van der Waals surface area contributed by atoms with Gasteiger partial charge in [0.2, 0.25) is 5.91 Å². The van der Waals surface area contributed by atoms with Gasteiger partial charge in [-0.1, -0.05) is 18.9 Å². The van der Waals surface area contributed by atoms with Crippen molar-refractivity contribution in [2.45, 2.75) is 57.1 Å². The van der Waals surface area contributed by atoms with Gasteiger partial charge in [0, 0.05) is 25.8 Å². The topological polar surface area (TPSA) is 65.5 Å². The number of aliphatic hydroxyl groups is 1. The number of nitrogens with one attached hydrogen (secondary N) is 1. The van der Waals surface area contributed by atoms with Crippen molar-refractivity contribution in [2.75, 3.05) is 18.0 Å². The number of rotatable bonds is 5. The van der Waals surface area contributed by atoms with Gasteiger partial charge in [-0.2, -0.15) is 0 Å². The molecule has 0 unspecified atom stereocenters. The Kier molecular flexibility index (Phi) is 4.62. The molecule has 2 heterocycles. The smallest absolute Gasteiger partial charge is 0.223 e. The highest BCUT2D eigenvalue weighted by Crippen LogP contribution is 2.32. The number of hydrogen-bond acceptors (Lipinski definition) is 4. The van der Waals surface area contributed by atoms with Crippen molar-refractivity contribution < 1.29 is 9.90 Å². The van der Waals surface area contributed by atoms with Gasteiger partial charge in [0.15, 0.2) is 0 Å². The van der Waals surface area contributed by atoms with Crippen LogP contribution in [0.3, 0.4) is 0 Å². The molecule has 1 aromatic rings. The van der Waals surface area contributed by atoms with Gasteiger partial charge in [-0.25, -0.2) is 4.98 Å². The Hall–Kier alpha value is -1.62. The standard InChI is InChI=1S/C17H25N3O2/c21-16(11-17(22)7-1-2-8-17)19-13-14-5-6-15(18-12-14)20-9-3-4-10-20/h5-6,12,22H,1-4,7-11,13H2,(H,19,21). The van der Waals surface area contributed by atoms with Crippen molar-refractivity contribution in [3.05, 3.63) is 23.9 Å². The molecule has 1 aliphatic heterocycles. The molecule has 1 saturated carbocycles. The van der Waals surface area contributed by atoms with Crippen LogP contribution in [0, 0.1) is 0 Å². The summed E-state index contributed by atoms with van der Waals surface area (Å²) >= 11 is 0. The molecule has 1 aromatic heterocycles. The summed E-state index contributed by atoms with van der Waals surface area (Å²) in [6, 6.07) is 4.04. The van der Waals surface area contributed by atoms with E-state index in [0.717, 1.165) is 50.2 Å². The van der Waals surface area contributed by atoms with E-state index in [1.54, 1.807) is 0 Å². The van der Waals surface area contributed by atoms with E-state index in [1.807, 2.05) is 18.3 Å². The zero-order valence-corrected chi connectivity index (χ0v) is 13.1. The number of carbonyl (C=O) groups excluding carboxylic acids is 1. The van der Waals surface area contributed by atoms with Gasteiger partial charge in [0.25, 0.3) is 0 Å². The second-order valence-electron chi connectivity index (χ2n) is 6.60. The van der Waals surface area contributed by atoms with E-state index in [2.05, 4.69) is 15.2 Å². The van der Waals surface area contributed by atoms with Crippen LogP contribution >= 0.6 is 0 Å². The zero-order chi connectivity index (χ0) is 15.4. The Balaban J connectivity index is 1.47. The Morgan fingerprint density at radius 2 is 1.95 bits per heavy atom. The summed E-state index contributed by atoms with van der Waals surface area (Å²) in [7, 11) is 0. The van der Waals surface area contributed by atoms with Crippen molar-refractivity contribution in [2.24, 2.45) is 0 Å². The first-order chi connectivity index (χ1) is 10.6. The van der Waals surface area contributed by atoms with Crippen LogP contribution in [0.2, 0.25) is 0 Å². The Morgan fingerprint density at radius 3 is 2.59 bits per heavy atom. The molecule has 1 amide bonds. The Morgan fingerprint density at radius 1 is 1.23 bits per heavy atom. The van der Waals surface area contributed by atoms with Crippen LogP contribution in [0.4, 0.5) is 5.82 Å². The summed E-state index contributed by atoms with van der Waals surface area (Å²) < 4.78 is 0. The Labute approximate surface area is 131 Å². The van der Waals surface area contributed by atoms with Crippen molar-refractivity contribution in [1.29, 1.82) is 0 Å². The Bertz CT molecular complexity index is 503. The first kappa shape index (κ1) is 15.3. The molecule has 0 radical (unpaired) electrons. The molecule has 2 aliphatic rings. The summed E-state index contributed by atoms with van der Waals surface area (Å²) in [4.78, 5) is 18.7. The fourth-order valence-corrected chi connectivity index (χ4v) is 3.43. The lowest BCUT2D eigenvalue weighted by molar-refractivity contribution is -0.126. The van der Waals surface area contributed by atoms with Crippen molar-refractivity contribution >= 4 is 11.7 Å². The molecule has 120 valence electrons. The predicted octanol–water partition coefficient (Wildman–Crippen LogP) is 1.99. The van der Waals surface area contributed by atoms with E-state index in [9.17, 15) is 9.90 Å². The monoisotopic (exact) mass is 303 g/mol. The van der Waals surface area contributed by atoms with Gasteiger partial charge < -0.3 is 15.3 Å². The predicted molar refractivity (Wildman–Crippen MR) is 85.6 cm³/mol. The second-order valence-corrected chi connectivity index (χ2v) is 6.60. The van der Waals surface area contributed by atoms with E-state index < -0.39 is 5.60 Å². The lowest BCUT2D eigenvalue weighted by Gasteiger charge is -2.21. The first-order valence-corrected chi connectivity index (χ1v) is 8.34. The number of nitrogens with zero attached hydrogens (tertiary/aromatic N) is 2. The molecule has 0 bridgehead atoms. The number of hydrogen-bond donors (Lipinski definition) is 2. The molecule has 5 heteroatoms. The van der Waals surface area contributed by atoms with E-state index in [4.69, 9.17) is 0 Å². The van der Waals surface area contributed by atoms with Gasteiger partial charge >= 0.3 is 0 Å². The number of aromatic nitrogens is 1. The summed E-state index contributed by atoms with van der Waals surface area (Å²) in [5.41, 5.74) is 0.219. The lowest BCUT2D eigenvalue weighted by atomic mass is 9.98. The van der Waals surface area contributed by atoms with E-state index in [0.29, 0.717) is 6.54 Å². The van der Waals surface area contributed by atoms with Crippen LogP contribution < -0.4 is 10.2 Å². The van der Waals surface area contributed by atoms with Crippen molar-refractivity contribution in [3.63, 3.8) is 0 Å². The molecular formula is C17H25N3O2. The maximum absolute atomic E-state index is 12.0. The number of anilines is 1. The molecule has 2 fully saturated rings. The second kappa shape index (κ2) is 6.65. The first-order valence-electron chi connectivity index (χ1n) is 8.34. The largest absolute Gasteiger partial charge is 0.389 e. The number of pyridine rings is 1. The molecule has 0 aromatic carbocycles. The van der Waals surface area contributed by atoms with E-state index >= 15 is 0 Å². The number of carbonyl (C=O) groups is 1. The average molecular weight is 303 g/mol. The third-order valence-corrected chi connectivity index (χ3v) is 4.75. The van der Waals surface area contributed by atoms with Crippen molar-refractivity contribution in [3.8, 4) is 0 Å². The maximum atomic E-state index is 12.0. The van der Waals surface area contributed by atoms with E-state index in [-0.39, 0.29) is 12.3 Å². The molecule has 0 spiro atoms. The summed E-state index contributed by atoms with van der Waals surface area (Å²) in [5, 5.41) is 13.1. The highest BCUT2D eigenvalue weighted by molar-refractivity contribution is 5.77. The summed E-state index contributed by atoms with van der Waals surface area (Å²) in [5.74, 6) is 0.945. The molecule has 22 heavy (non-hydrogen) atoms. The maximum Gasteiger partial charge on any atom is 0.223 e. The number of amides is 1. The zero-order valence-electron chi connectivity index (χ0n) is 13.1. The van der Waals surface area contributed by atoms with Gasteiger partial charge in [0.05, 0.1) is 12.0 Å². The highest BCUT2D eigenvalue weighted by atomic mass is 16.3. The highest BCUT2D eigenvalue weighted by Gasteiger charge is 2.33. The lowest BCUT2D eigenvalue weighted by Crippen LogP contribution is -2.34. The van der Waals surface area contributed by atoms with Gasteiger partial charge in [0.1, 0.15) is 5.82 Å². The summed E-state index contributed by atoms with van der Waals surface area (Å²) in [6.07, 6.45) is 8.05. The van der Waals surface area contributed by atoms with Crippen LogP contribution in [-0.2, 0) is 11.3 Å². The molecule has 1 aliphatic carbocycles. The molecule has 3 rings (SSSR count). The quantitative estimate of drug-likeness (QED) is 0.873. The van der Waals surface area contributed by atoms with E-state index in [1.165, 1.54) is 12.8 Å². The molecule has 2 N–H and O–H groups in total. The molecular weight excluding hydrogens is 278 g/mol. The molecule has 1 saturated heterocycles. The van der Waals surface area contributed by atoms with Crippen LogP contribution in [-0.4, -0.2) is 34.7 Å². The molecule has 0 atom stereocenters. The third-order valence-electron chi connectivity index (χ3n) is 4.75. The minimum atomic E-state index is -0.776. The minimum absolute atomic E-state index is 0.0759. The fourth-order valence-electron chi connectivity index (χ4n) is 3.43. The van der Waals surface area contributed by atoms with Crippen molar-refractivity contribution in [1.82, 2.24) is 10.3 Å². The minimum Gasteiger partial charge on any atom is -0.389 e. The fraction of sp³-hybridized carbons (Fsp3) is 0.647. The van der Waals surface area contributed by atoms with Crippen LogP contribution in [0.15, 0.2) is 18.3 Å². The van der Waals surface area contributed by atoms with Gasteiger partial charge in [-0.05, 0) is 37.3 Å². The van der Waals surface area contributed by atoms with Crippen LogP contribution in [0.25, 0.3) is 0 Å². The third kappa shape index (κ3) is 3.77. The van der Waals surface area contributed by atoms with Gasteiger partial charge in [-0.3, -0.25) is 4.79 Å². The average Bonchev–Trinajstić information content (AvgIpc) is 3.17. The molecule has 5 nitrogen and oxygen atoms in total. The van der Waals surface area contributed by atoms with Gasteiger partial charge in [-0.15, -0.1) is 0 Å².